The average molecular weight is 463 g/mol. The first kappa shape index (κ1) is 24.1. The molecule has 0 unspecified atom stereocenters. The van der Waals surface area contributed by atoms with Crippen molar-refractivity contribution < 1.29 is 4.74 Å². The molecular weight excluding hydrogens is 432 g/mol. The van der Waals surface area contributed by atoms with Gasteiger partial charge in [-0.2, -0.15) is 0 Å². The van der Waals surface area contributed by atoms with Gasteiger partial charge in [-0.25, -0.2) is 9.97 Å². The molecule has 8 heteroatoms. The van der Waals surface area contributed by atoms with Crippen molar-refractivity contribution in [3.8, 4) is 5.75 Å². The standard InChI is InChI=1S/C25H30N6OS/c1-16-6-7-17(2)22(14-16)29-25(33)31-23(30-24-27-18(3)15-19(4)28-24)26-13-12-20-8-10-21(32-5)11-9-20/h6-11,14-15H,12-13H2,1-5H3,(H3,26,27,28,29,30,31,33). The van der Waals surface area contributed by atoms with Crippen LogP contribution in [0, 0.1) is 27.7 Å². The molecule has 2 aromatic carbocycles. The molecule has 0 atom stereocenters. The molecule has 3 aromatic rings. The summed E-state index contributed by atoms with van der Waals surface area (Å²) in [5.74, 6) is 1.79. The minimum atomic E-state index is 0.434. The number of anilines is 2. The third-order valence-electron chi connectivity index (χ3n) is 4.92. The molecule has 33 heavy (non-hydrogen) atoms. The van der Waals surface area contributed by atoms with Gasteiger partial charge in [0.05, 0.1) is 7.11 Å². The normalized spacial score (nSPS) is 11.1. The summed E-state index contributed by atoms with van der Waals surface area (Å²) in [5, 5.41) is 10.0. The third-order valence-corrected chi connectivity index (χ3v) is 5.12. The zero-order valence-electron chi connectivity index (χ0n) is 19.7. The number of thiocarbonyl (C=S) groups is 1. The summed E-state index contributed by atoms with van der Waals surface area (Å²) in [6.07, 6.45) is 0.766. The van der Waals surface area contributed by atoms with E-state index < -0.39 is 0 Å². The molecule has 0 aliphatic heterocycles. The van der Waals surface area contributed by atoms with Crippen molar-refractivity contribution in [1.29, 1.82) is 0 Å². The van der Waals surface area contributed by atoms with E-state index in [4.69, 9.17) is 21.9 Å². The van der Waals surface area contributed by atoms with Crippen molar-refractivity contribution in [2.75, 3.05) is 24.3 Å². The number of benzene rings is 2. The number of rotatable bonds is 6. The summed E-state index contributed by atoms with van der Waals surface area (Å²) >= 11 is 5.56. The van der Waals surface area contributed by atoms with Crippen LogP contribution in [0.25, 0.3) is 0 Å². The van der Waals surface area contributed by atoms with E-state index in [1.807, 2.05) is 58.0 Å². The summed E-state index contributed by atoms with van der Waals surface area (Å²) in [7, 11) is 1.66. The van der Waals surface area contributed by atoms with E-state index in [0.29, 0.717) is 23.6 Å². The van der Waals surface area contributed by atoms with Crippen molar-refractivity contribution >= 4 is 34.9 Å². The van der Waals surface area contributed by atoms with Crippen LogP contribution < -0.4 is 20.7 Å². The first-order valence-electron chi connectivity index (χ1n) is 10.7. The SMILES string of the molecule is COc1ccc(CCN=C(NC(=S)Nc2cc(C)ccc2C)Nc2nc(C)cc(C)n2)cc1. The minimum absolute atomic E-state index is 0.434. The maximum atomic E-state index is 5.56. The van der Waals surface area contributed by atoms with Gasteiger partial charge < -0.3 is 15.4 Å². The highest BCUT2D eigenvalue weighted by molar-refractivity contribution is 7.80. The fourth-order valence-corrected chi connectivity index (χ4v) is 3.43. The van der Waals surface area contributed by atoms with Crippen LogP contribution >= 0.6 is 12.2 Å². The fourth-order valence-electron chi connectivity index (χ4n) is 3.22. The number of guanidine groups is 1. The average Bonchev–Trinajstić information content (AvgIpc) is 2.76. The van der Waals surface area contributed by atoms with Crippen molar-refractivity contribution in [3.05, 3.63) is 76.6 Å². The number of methoxy groups -OCH3 is 1. The predicted octanol–water partition coefficient (Wildman–Crippen LogP) is 4.72. The quantitative estimate of drug-likeness (QED) is 0.278. The molecule has 0 bridgehead atoms. The summed E-state index contributed by atoms with van der Waals surface area (Å²) in [5.41, 5.74) is 6.12. The van der Waals surface area contributed by atoms with Crippen LogP contribution in [0.15, 0.2) is 53.5 Å². The van der Waals surface area contributed by atoms with Crippen molar-refractivity contribution in [2.24, 2.45) is 4.99 Å². The van der Waals surface area contributed by atoms with Crippen LogP contribution in [0.1, 0.15) is 28.1 Å². The summed E-state index contributed by atoms with van der Waals surface area (Å²) in [6.45, 7) is 8.50. The van der Waals surface area contributed by atoms with Gasteiger partial charge in [-0.05, 0) is 87.3 Å². The number of aromatic nitrogens is 2. The number of hydrogen-bond acceptors (Lipinski definition) is 5. The molecule has 0 aliphatic rings. The topological polar surface area (TPSA) is 83.5 Å². The second-order valence-electron chi connectivity index (χ2n) is 7.83. The lowest BCUT2D eigenvalue weighted by Crippen LogP contribution is -2.39. The Labute approximate surface area is 200 Å². The van der Waals surface area contributed by atoms with Crippen LogP contribution in [-0.2, 0) is 6.42 Å². The smallest absolute Gasteiger partial charge is 0.229 e. The van der Waals surface area contributed by atoms with E-state index in [1.54, 1.807) is 7.11 Å². The van der Waals surface area contributed by atoms with E-state index in [1.165, 1.54) is 0 Å². The molecule has 1 aromatic heterocycles. The van der Waals surface area contributed by atoms with Crippen molar-refractivity contribution in [3.63, 3.8) is 0 Å². The first-order valence-corrected chi connectivity index (χ1v) is 11.1. The summed E-state index contributed by atoms with van der Waals surface area (Å²) < 4.78 is 5.22. The van der Waals surface area contributed by atoms with Gasteiger partial charge in [0.25, 0.3) is 0 Å². The Morgan fingerprint density at radius 2 is 1.64 bits per heavy atom. The molecule has 1 heterocycles. The highest BCUT2D eigenvalue weighted by Crippen LogP contribution is 2.16. The van der Waals surface area contributed by atoms with E-state index >= 15 is 0 Å². The van der Waals surface area contributed by atoms with Gasteiger partial charge >= 0.3 is 0 Å². The van der Waals surface area contributed by atoms with Gasteiger partial charge in [0.15, 0.2) is 5.11 Å². The third kappa shape index (κ3) is 7.54. The lowest BCUT2D eigenvalue weighted by atomic mass is 10.1. The molecule has 3 rings (SSSR count). The monoisotopic (exact) mass is 462 g/mol. The van der Waals surface area contributed by atoms with Crippen LogP contribution in [-0.4, -0.2) is 34.7 Å². The maximum absolute atomic E-state index is 5.56. The van der Waals surface area contributed by atoms with Crippen LogP contribution in [0.5, 0.6) is 5.75 Å². The Balaban J connectivity index is 1.73. The Morgan fingerprint density at radius 3 is 2.30 bits per heavy atom. The summed E-state index contributed by atoms with van der Waals surface area (Å²) in [4.78, 5) is 13.6. The largest absolute Gasteiger partial charge is 0.497 e. The van der Waals surface area contributed by atoms with Gasteiger partial charge in [-0.15, -0.1) is 0 Å². The molecular formula is C25H30N6OS. The molecule has 0 radical (unpaired) electrons. The van der Waals surface area contributed by atoms with Crippen molar-refractivity contribution in [1.82, 2.24) is 15.3 Å². The molecule has 0 saturated carbocycles. The molecule has 0 amide bonds. The lowest BCUT2D eigenvalue weighted by molar-refractivity contribution is 0.414. The number of aliphatic imine (C=N–C) groups is 1. The van der Waals surface area contributed by atoms with Crippen LogP contribution in [0.2, 0.25) is 0 Å². The maximum Gasteiger partial charge on any atom is 0.229 e. The minimum Gasteiger partial charge on any atom is -0.497 e. The van der Waals surface area contributed by atoms with Crippen LogP contribution in [0.3, 0.4) is 0 Å². The van der Waals surface area contributed by atoms with E-state index in [-0.39, 0.29) is 0 Å². The number of nitrogens with zero attached hydrogens (tertiary/aromatic N) is 3. The van der Waals surface area contributed by atoms with Gasteiger partial charge in [0.1, 0.15) is 5.75 Å². The van der Waals surface area contributed by atoms with Gasteiger partial charge in [0, 0.05) is 23.6 Å². The molecule has 7 nitrogen and oxygen atoms in total. The summed E-state index contributed by atoms with van der Waals surface area (Å²) in [6, 6.07) is 16.1. The lowest BCUT2D eigenvalue weighted by Gasteiger charge is -2.16. The molecule has 172 valence electrons. The Kier molecular flexibility index (Phi) is 8.32. The number of aryl methyl sites for hydroxylation is 4. The number of nitrogens with one attached hydrogen (secondary N) is 3. The molecule has 0 aliphatic carbocycles. The molecule has 0 saturated heterocycles. The molecule has 3 N–H and O–H groups in total. The zero-order valence-corrected chi connectivity index (χ0v) is 20.5. The first-order chi connectivity index (χ1) is 15.8. The predicted molar refractivity (Wildman–Crippen MR) is 139 cm³/mol. The second-order valence-corrected chi connectivity index (χ2v) is 8.23. The van der Waals surface area contributed by atoms with Gasteiger partial charge in [-0.3, -0.25) is 10.3 Å². The van der Waals surface area contributed by atoms with Gasteiger partial charge in [-0.1, -0.05) is 24.3 Å². The highest BCUT2D eigenvalue weighted by Gasteiger charge is 2.08. The van der Waals surface area contributed by atoms with Crippen molar-refractivity contribution in [2.45, 2.75) is 34.1 Å². The van der Waals surface area contributed by atoms with Gasteiger partial charge in [0.2, 0.25) is 11.9 Å². The van der Waals surface area contributed by atoms with E-state index in [0.717, 1.165) is 45.9 Å². The Hall–Kier alpha value is -3.52. The number of hydrogen-bond donors (Lipinski definition) is 3. The second kappa shape index (κ2) is 11.4. The van der Waals surface area contributed by atoms with Crippen LogP contribution in [0.4, 0.5) is 11.6 Å². The molecule has 0 fully saturated rings. The highest BCUT2D eigenvalue weighted by atomic mass is 32.1. The molecule has 0 spiro atoms. The van der Waals surface area contributed by atoms with E-state index in [2.05, 4.69) is 44.1 Å². The fraction of sp³-hybridized carbons (Fsp3) is 0.280. The Morgan fingerprint density at radius 1 is 0.939 bits per heavy atom. The van der Waals surface area contributed by atoms with E-state index in [9.17, 15) is 0 Å². The zero-order chi connectivity index (χ0) is 23.8. The number of ether oxygens (including phenoxy) is 1. The Bertz CT molecular complexity index is 1120.